The van der Waals surface area contributed by atoms with Gasteiger partial charge in [-0.1, -0.05) is 48.0 Å². The van der Waals surface area contributed by atoms with Crippen molar-refractivity contribution in [1.29, 1.82) is 0 Å². The van der Waals surface area contributed by atoms with Crippen LogP contribution in [-0.2, 0) is 16.0 Å². The number of nitrogens with one attached hydrogen (secondary N) is 3. The standard InChI is InChI=1S/C26H26ClN5O3/c27-18-7-4-8-19(14-18)28-24(34)20-15-21(33)29-23-22(20)25(35)31-26(30-23)32-11-9-17(10-12-32)13-16-5-2-1-3-6-16/h1-8,14,17,20H,9-13,15H2,(H,28,34)(H2,29,30,31,33,35)/t20-/m1/s1. The second-order valence-corrected chi connectivity index (χ2v) is 9.51. The Hall–Kier alpha value is -3.65. The molecule has 2 amide bonds. The summed E-state index contributed by atoms with van der Waals surface area (Å²) < 4.78 is 0. The Morgan fingerprint density at radius 3 is 2.60 bits per heavy atom. The van der Waals surface area contributed by atoms with Crippen LogP contribution in [0.1, 0.15) is 36.3 Å². The summed E-state index contributed by atoms with van der Waals surface area (Å²) in [4.78, 5) is 47.9. The van der Waals surface area contributed by atoms with Gasteiger partial charge in [0.05, 0.1) is 11.5 Å². The van der Waals surface area contributed by atoms with Crippen molar-refractivity contribution >= 4 is 40.9 Å². The number of carbonyl (C=O) groups is 2. The molecule has 8 nitrogen and oxygen atoms in total. The van der Waals surface area contributed by atoms with Gasteiger partial charge in [-0.2, -0.15) is 4.98 Å². The maximum Gasteiger partial charge on any atom is 0.258 e. The third-order valence-corrected chi connectivity index (χ3v) is 6.86. The van der Waals surface area contributed by atoms with Crippen LogP contribution in [0.4, 0.5) is 17.5 Å². The predicted octanol–water partition coefficient (Wildman–Crippen LogP) is 3.95. The normalized spacial score (nSPS) is 18.0. The highest BCUT2D eigenvalue weighted by molar-refractivity contribution is 6.30. The van der Waals surface area contributed by atoms with Crippen molar-refractivity contribution in [3.8, 4) is 0 Å². The quantitative estimate of drug-likeness (QED) is 0.501. The first-order valence-electron chi connectivity index (χ1n) is 11.8. The Labute approximate surface area is 207 Å². The van der Waals surface area contributed by atoms with Crippen LogP contribution in [0.25, 0.3) is 0 Å². The van der Waals surface area contributed by atoms with Crippen molar-refractivity contribution in [3.63, 3.8) is 0 Å². The van der Waals surface area contributed by atoms with Crippen molar-refractivity contribution < 1.29 is 9.59 Å². The van der Waals surface area contributed by atoms with Crippen LogP contribution < -0.4 is 21.1 Å². The number of H-pyrrole nitrogens is 1. The average Bonchev–Trinajstić information content (AvgIpc) is 2.84. The zero-order chi connectivity index (χ0) is 24.4. The summed E-state index contributed by atoms with van der Waals surface area (Å²) in [5.74, 6) is -0.614. The lowest BCUT2D eigenvalue weighted by atomic mass is 9.90. The van der Waals surface area contributed by atoms with E-state index in [4.69, 9.17) is 11.6 Å². The number of hydrogen-bond donors (Lipinski definition) is 3. The topological polar surface area (TPSA) is 107 Å². The number of piperidine rings is 1. The third-order valence-electron chi connectivity index (χ3n) is 6.63. The molecule has 0 radical (unpaired) electrons. The molecule has 35 heavy (non-hydrogen) atoms. The number of carbonyl (C=O) groups excluding carboxylic acids is 2. The Kier molecular flexibility index (Phi) is 6.55. The van der Waals surface area contributed by atoms with E-state index < -0.39 is 17.4 Å². The summed E-state index contributed by atoms with van der Waals surface area (Å²) >= 11 is 6.00. The number of anilines is 3. The van der Waals surface area contributed by atoms with Gasteiger partial charge in [0.25, 0.3) is 5.56 Å². The molecule has 0 spiro atoms. The SMILES string of the molecule is O=C1C[C@@H](C(=O)Nc2cccc(Cl)c2)c2c(nc(N3CCC(Cc4ccccc4)CC3)[nH]c2=O)N1. The van der Waals surface area contributed by atoms with E-state index in [-0.39, 0.29) is 23.7 Å². The molecule has 0 saturated carbocycles. The molecule has 2 aliphatic rings. The highest BCUT2D eigenvalue weighted by Crippen LogP contribution is 2.31. The number of benzene rings is 2. The average molecular weight is 492 g/mol. The van der Waals surface area contributed by atoms with Crippen LogP contribution in [0.15, 0.2) is 59.4 Å². The number of aromatic amines is 1. The number of rotatable bonds is 5. The first kappa shape index (κ1) is 23.1. The lowest BCUT2D eigenvalue weighted by Gasteiger charge is -2.33. The molecule has 1 aromatic heterocycles. The van der Waals surface area contributed by atoms with Crippen LogP contribution in [0.5, 0.6) is 0 Å². The molecular formula is C26H26ClN5O3. The largest absolute Gasteiger partial charge is 0.342 e. The van der Waals surface area contributed by atoms with Gasteiger partial charge in [-0.25, -0.2) is 0 Å². The number of amides is 2. The second-order valence-electron chi connectivity index (χ2n) is 9.08. The highest BCUT2D eigenvalue weighted by Gasteiger charge is 2.35. The molecule has 0 aliphatic carbocycles. The maximum atomic E-state index is 13.1. The van der Waals surface area contributed by atoms with E-state index >= 15 is 0 Å². The smallest absolute Gasteiger partial charge is 0.258 e. The number of hydrogen-bond acceptors (Lipinski definition) is 5. The van der Waals surface area contributed by atoms with Gasteiger partial charge in [-0.3, -0.25) is 19.4 Å². The molecule has 2 aromatic carbocycles. The number of nitrogens with zero attached hydrogens (tertiary/aromatic N) is 2. The Bertz CT molecular complexity index is 1300. The van der Waals surface area contributed by atoms with Crippen LogP contribution in [-0.4, -0.2) is 34.9 Å². The number of aromatic nitrogens is 2. The zero-order valence-electron chi connectivity index (χ0n) is 19.1. The minimum absolute atomic E-state index is 0.131. The predicted molar refractivity (Wildman–Crippen MR) is 136 cm³/mol. The molecule has 3 N–H and O–H groups in total. The van der Waals surface area contributed by atoms with Crippen molar-refractivity contribution in [1.82, 2.24) is 9.97 Å². The van der Waals surface area contributed by atoms with Crippen LogP contribution >= 0.6 is 11.6 Å². The van der Waals surface area contributed by atoms with E-state index in [1.807, 2.05) is 11.0 Å². The summed E-state index contributed by atoms with van der Waals surface area (Å²) in [5.41, 5.74) is 1.58. The Balaban J connectivity index is 1.32. The van der Waals surface area contributed by atoms with Crippen molar-refractivity contribution in [2.45, 2.75) is 31.6 Å². The molecule has 3 aromatic rings. The minimum atomic E-state index is -0.945. The molecule has 5 rings (SSSR count). The molecule has 0 unspecified atom stereocenters. The van der Waals surface area contributed by atoms with Crippen LogP contribution in [0.3, 0.4) is 0 Å². The summed E-state index contributed by atoms with van der Waals surface area (Å²) in [5, 5.41) is 5.90. The van der Waals surface area contributed by atoms with E-state index in [1.54, 1.807) is 24.3 Å². The second kappa shape index (κ2) is 9.92. The molecule has 1 atom stereocenters. The summed E-state index contributed by atoms with van der Waals surface area (Å²) in [6, 6.07) is 17.1. The van der Waals surface area contributed by atoms with Gasteiger partial charge in [0.15, 0.2) is 0 Å². The fraction of sp³-hybridized carbons (Fsp3) is 0.308. The zero-order valence-corrected chi connectivity index (χ0v) is 19.8. The number of fused-ring (bicyclic) bond motifs is 1. The van der Waals surface area contributed by atoms with Gasteiger partial charge in [0, 0.05) is 30.2 Å². The molecule has 180 valence electrons. The molecule has 0 bridgehead atoms. The Morgan fingerprint density at radius 1 is 1.09 bits per heavy atom. The van der Waals surface area contributed by atoms with Crippen molar-refractivity contribution in [2.24, 2.45) is 5.92 Å². The fourth-order valence-electron chi connectivity index (χ4n) is 4.83. The van der Waals surface area contributed by atoms with E-state index in [0.29, 0.717) is 22.6 Å². The van der Waals surface area contributed by atoms with E-state index in [9.17, 15) is 14.4 Å². The molecular weight excluding hydrogens is 466 g/mol. The van der Waals surface area contributed by atoms with Crippen molar-refractivity contribution in [2.75, 3.05) is 28.6 Å². The van der Waals surface area contributed by atoms with Crippen LogP contribution in [0.2, 0.25) is 5.02 Å². The first-order chi connectivity index (χ1) is 17.0. The summed E-state index contributed by atoms with van der Waals surface area (Å²) in [6.45, 7) is 1.51. The Morgan fingerprint density at radius 2 is 1.86 bits per heavy atom. The molecule has 9 heteroatoms. The van der Waals surface area contributed by atoms with Gasteiger partial charge in [-0.05, 0) is 48.9 Å². The van der Waals surface area contributed by atoms with E-state index in [1.165, 1.54) is 5.56 Å². The molecule has 1 fully saturated rings. The fourth-order valence-corrected chi connectivity index (χ4v) is 5.02. The first-order valence-corrected chi connectivity index (χ1v) is 12.1. The lowest BCUT2D eigenvalue weighted by molar-refractivity contribution is -0.123. The maximum absolute atomic E-state index is 13.1. The summed E-state index contributed by atoms with van der Waals surface area (Å²) in [6.07, 6.45) is 2.86. The lowest BCUT2D eigenvalue weighted by Crippen LogP contribution is -2.40. The van der Waals surface area contributed by atoms with Gasteiger partial charge >= 0.3 is 0 Å². The van der Waals surface area contributed by atoms with E-state index in [2.05, 4.69) is 44.9 Å². The third kappa shape index (κ3) is 5.22. The van der Waals surface area contributed by atoms with Gasteiger partial charge < -0.3 is 15.5 Å². The monoisotopic (exact) mass is 491 g/mol. The van der Waals surface area contributed by atoms with E-state index in [0.717, 1.165) is 32.4 Å². The van der Waals surface area contributed by atoms with Crippen LogP contribution in [0, 0.1) is 5.92 Å². The highest BCUT2D eigenvalue weighted by atomic mass is 35.5. The molecule has 1 saturated heterocycles. The van der Waals surface area contributed by atoms with Gasteiger partial charge in [0.1, 0.15) is 5.82 Å². The summed E-state index contributed by atoms with van der Waals surface area (Å²) in [7, 11) is 0. The molecule has 2 aliphatic heterocycles. The molecule has 3 heterocycles. The van der Waals surface area contributed by atoms with Gasteiger partial charge in [0.2, 0.25) is 17.8 Å². The van der Waals surface area contributed by atoms with Gasteiger partial charge in [-0.15, -0.1) is 0 Å². The van der Waals surface area contributed by atoms with Crippen molar-refractivity contribution in [3.05, 3.63) is 81.1 Å². The number of halogens is 1. The minimum Gasteiger partial charge on any atom is -0.342 e.